The van der Waals surface area contributed by atoms with Gasteiger partial charge in [-0.1, -0.05) is 30.3 Å². The Hall–Kier alpha value is -2.45. The molecule has 3 heterocycles. The Morgan fingerprint density at radius 1 is 1.07 bits per heavy atom. The predicted molar refractivity (Wildman–Crippen MR) is 109 cm³/mol. The Labute approximate surface area is 163 Å². The lowest BCUT2D eigenvalue weighted by molar-refractivity contribution is 0.480. The molecule has 1 aliphatic carbocycles. The molecule has 4 nitrogen and oxygen atoms in total. The molecule has 0 amide bonds. The second kappa shape index (κ2) is 6.61. The minimum absolute atomic E-state index is 0.423. The van der Waals surface area contributed by atoms with Gasteiger partial charge in [-0.15, -0.1) is 11.3 Å². The minimum atomic E-state index is -0.423. The van der Waals surface area contributed by atoms with Gasteiger partial charge in [0.15, 0.2) is 0 Å². The first-order valence-corrected chi connectivity index (χ1v) is 10.6. The maximum absolute atomic E-state index is 10.1. The molecule has 1 fully saturated rings. The Bertz CT molecular complexity index is 1010. The van der Waals surface area contributed by atoms with Crippen molar-refractivity contribution in [2.45, 2.75) is 43.9 Å². The molecule has 1 saturated heterocycles. The van der Waals surface area contributed by atoms with Crippen LogP contribution in [0.5, 0.6) is 0 Å². The van der Waals surface area contributed by atoms with Gasteiger partial charge >= 0.3 is 0 Å². The number of fused-ring (bicyclic) bond motifs is 3. The largest absolute Gasteiger partial charge is 0.356 e. The smallest absolute Gasteiger partial charge is 0.141 e. The first-order chi connectivity index (χ1) is 13.3. The molecule has 3 aromatic rings. The molecule has 0 N–H and O–H groups in total. The molecule has 1 aliphatic heterocycles. The maximum Gasteiger partial charge on any atom is 0.141 e. The zero-order valence-electron chi connectivity index (χ0n) is 15.3. The fourth-order valence-electron chi connectivity index (χ4n) is 4.64. The van der Waals surface area contributed by atoms with E-state index in [1.165, 1.54) is 35.1 Å². The topological polar surface area (TPSA) is 52.8 Å². The van der Waals surface area contributed by atoms with Gasteiger partial charge in [-0.05, 0) is 43.2 Å². The number of nitriles is 1. The molecule has 5 heteroatoms. The first-order valence-electron chi connectivity index (χ1n) is 9.78. The molecule has 0 radical (unpaired) electrons. The van der Waals surface area contributed by atoms with E-state index < -0.39 is 5.41 Å². The van der Waals surface area contributed by atoms with E-state index in [4.69, 9.17) is 0 Å². The quantitative estimate of drug-likeness (QED) is 0.656. The molecule has 136 valence electrons. The summed E-state index contributed by atoms with van der Waals surface area (Å²) in [6, 6.07) is 12.9. The lowest BCUT2D eigenvalue weighted by atomic mass is 9.70. The maximum atomic E-state index is 10.1. The van der Waals surface area contributed by atoms with Gasteiger partial charge in [0.25, 0.3) is 0 Å². The van der Waals surface area contributed by atoms with Crippen molar-refractivity contribution in [2.75, 3.05) is 18.0 Å². The third-order valence-electron chi connectivity index (χ3n) is 6.11. The van der Waals surface area contributed by atoms with E-state index in [1.54, 1.807) is 17.7 Å². The van der Waals surface area contributed by atoms with Crippen LogP contribution in [-0.2, 0) is 18.3 Å². The van der Waals surface area contributed by atoms with Gasteiger partial charge < -0.3 is 4.90 Å². The van der Waals surface area contributed by atoms with Crippen LogP contribution in [0.3, 0.4) is 0 Å². The fraction of sp³-hybridized carbons (Fsp3) is 0.409. The molecule has 0 saturated carbocycles. The van der Waals surface area contributed by atoms with E-state index in [9.17, 15) is 5.26 Å². The van der Waals surface area contributed by atoms with Gasteiger partial charge in [-0.3, -0.25) is 0 Å². The number of nitrogens with zero attached hydrogens (tertiary/aromatic N) is 4. The molecule has 2 aliphatic rings. The van der Waals surface area contributed by atoms with E-state index in [-0.39, 0.29) is 0 Å². The second-order valence-electron chi connectivity index (χ2n) is 7.67. The molecule has 0 unspecified atom stereocenters. The van der Waals surface area contributed by atoms with Crippen LogP contribution in [0.25, 0.3) is 10.2 Å². The average Bonchev–Trinajstić information content (AvgIpc) is 3.12. The number of rotatable bonds is 2. The molecule has 27 heavy (non-hydrogen) atoms. The second-order valence-corrected chi connectivity index (χ2v) is 8.75. The van der Waals surface area contributed by atoms with Gasteiger partial charge in [0.2, 0.25) is 0 Å². The molecule has 1 atom stereocenters. The number of thiophene rings is 1. The van der Waals surface area contributed by atoms with E-state index in [0.29, 0.717) is 0 Å². The average molecular weight is 375 g/mol. The van der Waals surface area contributed by atoms with Crippen LogP contribution in [-0.4, -0.2) is 23.1 Å². The molecular formula is C22H22N4S. The van der Waals surface area contributed by atoms with Crippen LogP contribution in [0, 0.1) is 11.3 Å². The van der Waals surface area contributed by atoms with Crippen molar-refractivity contribution in [3.05, 3.63) is 52.7 Å². The predicted octanol–water partition coefficient (Wildman–Crippen LogP) is 4.63. The Kier molecular flexibility index (Phi) is 4.09. The summed E-state index contributed by atoms with van der Waals surface area (Å²) in [5.74, 6) is 1.11. The number of aromatic nitrogens is 2. The molecular weight excluding hydrogens is 352 g/mol. The number of piperidine rings is 1. The van der Waals surface area contributed by atoms with Crippen LogP contribution in [0.15, 0.2) is 36.7 Å². The van der Waals surface area contributed by atoms with Gasteiger partial charge in [0.1, 0.15) is 17.0 Å². The highest BCUT2D eigenvalue weighted by atomic mass is 32.1. The summed E-state index contributed by atoms with van der Waals surface area (Å²) in [4.78, 5) is 14.1. The number of hydrogen-bond donors (Lipinski definition) is 0. The van der Waals surface area contributed by atoms with Crippen molar-refractivity contribution in [3.8, 4) is 6.07 Å². The summed E-state index contributed by atoms with van der Waals surface area (Å²) in [6.07, 6.45) is 8.07. The SMILES string of the molecule is N#C[C@]1(c2ccccc2)CCc2c(sc3ncnc(N4CCCCC4)c23)C1. The highest BCUT2D eigenvalue weighted by Gasteiger charge is 2.38. The first kappa shape index (κ1) is 16.7. The zero-order valence-corrected chi connectivity index (χ0v) is 16.1. The third-order valence-corrected chi connectivity index (χ3v) is 7.25. The van der Waals surface area contributed by atoms with Crippen molar-refractivity contribution in [2.24, 2.45) is 0 Å². The van der Waals surface area contributed by atoms with Crippen LogP contribution in [0.4, 0.5) is 5.82 Å². The molecule has 5 rings (SSSR count). The Balaban J connectivity index is 1.60. The van der Waals surface area contributed by atoms with Crippen molar-refractivity contribution < 1.29 is 0 Å². The van der Waals surface area contributed by atoms with Crippen LogP contribution in [0.2, 0.25) is 0 Å². The Morgan fingerprint density at radius 3 is 2.67 bits per heavy atom. The van der Waals surface area contributed by atoms with Crippen molar-refractivity contribution in [1.82, 2.24) is 9.97 Å². The molecule has 0 spiro atoms. The van der Waals surface area contributed by atoms with E-state index in [0.717, 1.165) is 48.6 Å². The van der Waals surface area contributed by atoms with Gasteiger partial charge in [0.05, 0.1) is 16.9 Å². The van der Waals surface area contributed by atoms with Gasteiger partial charge in [0, 0.05) is 24.4 Å². The Morgan fingerprint density at radius 2 is 1.89 bits per heavy atom. The normalized spacial score (nSPS) is 22.4. The summed E-state index contributed by atoms with van der Waals surface area (Å²) >= 11 is 1.76. The van der Waals surface area contributed by atoms with Crippen molar-refractivity contribution in [3.63, 3.8) is 0 Å². The zero-order chi connectivity index (χ0) is 18.3. The summed E-state index contributed by atoms with van der Waals surface area (Å²) in [5, 5.41) is 11.3. The summed E-state index contributed by atoms with van der Waals surface area (Å²) in [7, 11) is 0. The van der Waals surface area contributed by atoms with Gasteiger partial charge in [-0.2, -0.15) is 5.26 Å². The lowest BCUT2D eigenvalue weighted by Crippen LogP contribution is -2.32. The summed E-state index contributed by atoms with van der Waals surface area (Å²) in [6.45, 7) is 2.17. The van der Waals surface area contributed by atoms with Crippen molar-refractivity contribution >= 4 is 27.4 Å². The molecule has 0 bridgehead atoms. The van der Waals surface area contributed by atoms with Crippen LogP contribution < -0.4 is 4.90 Å². The highest BCUT2D eigenvalue weighted by molar-refractivity contribution is 7.19. The number of aryl methyl sites for hydroxylation is 1. The van der Waals surface area contributed by atoms with Crippen molar-refractivity contribution in [1.29, 1.82) is 5.26 Å². The molecule has 1 aromatic carbocycles. The van der Waals surface area contributed by atoms with E-state index in [2.05, 4.69) is 33.1 Å². The fourth-order valence-corrected chi connectivity index (χ4v) is 5.93. The van der Waals surface area contributed by atoms with E-state index >= 15 is 0 Å². The van der Waals surface area contributed by atoms with Gasteiger partial charge in [-0.25, -0.2) is 9.97 Å². The summed E-state index contributed by atoms with van der Waals surface area (Å²) in [5.41, 5.74) is 2.10. The number of anilines is 1. The van der Waals surface area contributed by atoms with E-state index in [1.807, 2.05) is 18.2 Å². The lowest BCUT2D eigenvalue weighted by Gasteiger charge is -2.32. The number of benzene rings is 1. The molecule has 2 aromatic heterocycles. The van der Waals surface area contributed by atoms with Crippen LogP contribution in [0.1, 0.15) is 41.7 Å². The third kappa shape index (κ3) is 2.71. The summed E-state index contributed by atoms with van der Waals surface area (Å²) < 4.78 is 0. The van der Waals surface area contributed by atoms with Crippen LogP contribution >= 0.6 is 11.3 Å². The highest BCUT2D eigenvalue weighted by Crippen LogP contribution is 2.45. The monoisotopic (exact) mass is 374 g/mol. The minimum Gasteiger partial charge on any atom is -0.356 e. The number of hydrogen-bond acceptors (Lipinski definition) is 5. The standard InChI is InChI=1S/C22H22N4S/c23-14-22(16-7-3-1-4-8-16)10-9-17-18(13-22)27-21-19(17)20(24-15-25-21)26-11-5-2-6-12-26/h1,3-4,7-8,15H,2,5-6,9-13H2/t22-/m0/s1.